The summed E-state index contributed by atoms with van der Waals surface area (Å²) in [6.07, 6.45) is 5.74. The predicted molar refractivity (Wildman–Crippen MR) is 123 cm³/mol. The quantitative estimate of drug-likeness (QED) is 0.536. The topological polar surface area (TPSA) is 34.0 Å². The Morgan fingerprint density at radius 2 is 1.59 bits per heavy atom. The van der Waals surface area contributed by atoms with Gasteiger partial charge in [-0.15, -0.1) is 0 Å². The number of fused-ring (bicyclic) bond motifs is 3. The minimum atomic E-state index is 0.865. The van der Waals surface area contributed by atoms with Gasteiger partial charge in [0, 0.05) is 18.8 Å². The van der Waals surface area contributed by atoms with Gasteiger partial charge in [-0.2, -0.15) is 0 Å². The van der Waals surface area contributed by atoms with Crippen LogP contribution in [0, 0.1) is 27.7 Å². The van der Waals surface area contributed by atoms with Gasteiger partial charge >= 0.3 is 0 Å². The zero-order chi connectivity index (χ0) is 20.7. The van der Waals surface area contributed by atoms with Crippen molar-refractivity contribution >= 4 is 16.9 Å². The van der Waals surface area contributed by atoms with Crippen LogP contribution in [0.1, 0.15) is 66.9 Å². The Morgan fingerprint density at radius 1 is 0.931 bits per heavy atom. The summed E-state index contributed by atoms with van der Waals surface area (Å²) in [5.41, 5.74) is 9.31. The molecule has 4 nitrogen and oxygen atoms in total. The van der Waals surface area contributed by atoms with E-state index in [-0.39, 0.29) is 0 Å². The van der Waals surface area contributed by atoms with E-state index in [1.807, 2.05) is 6.92 Å². The van der Waals surface area contributed by atoms with Crippen LogP contribution < -0.4 is 4.90 Å². The van der Waals surface area contributed by atoms with Crippen molar-refractivity contribution in [2.24, 2.45) is 0 Å². The molecule has 0 fully saturated rings. The van der Waals surface area contributed by atoms with Crippen molar-refractivity contribution in [2.45, 2.75) is 73.6 Å². The molecule has 0 unspecified atom stereocenters. The molecule has 0 N–H and O–H groups in total. The Hall–Kier alpha value is -2.36. The highest BCUT2D eigenvalue weighted by atomic mass is 15.2. The summed E-state index contributed by atoms with van der Waals surface area (Å²) in [7, 11) is 0. The highest BCUT2D eigenvalue weighted by Crippen LogP contribution is 2.40. The Labute approximate surface area is 175 Å². The molecule has 0 radical (unpaired) electrons. The van der Waals surface area contributed by atoms with Crippen molar-refractivity contribution in [3.8, 4) is 5.69 Å². The highest BCUT2D eigenvalue weighted by Gasteiger charge is 2.28. The van der Waals surface area contributed by atoms with Crippen molar-refractivity contribution in [1.29, 1.82) is 0 Å². The van der Waals surface area contributed by atoms with Crippen LogP contribution in [0.25, 0.3) is 16.7 Å². The Morgan fingerprint density at radius 3 is 2.21 bits per heavy atom. The van der Waals surface area contributed by atoms with E-state index < -0.39 is 0 Å². The molecule has 1 aliphatic carbocycles. The van der Waals surface area contributed by atoms with Crippen LogP contribution >= 0.6 is 0 Å². The van der Waals surface area contributed by atoms with E-state index in [2.05, 4.69) is 56.2 Å². The zero-order valence-electron chi connectivity index (χ0n) is 18.9. The number of aromatic nitrogens is 3. The summed E-state index contributed by atoms with van der Waals surface area (Å²) in [5.74, 6) is 2.01. The number of aryl methyl sites for hydroxylation is 5. The molecule has 4 rings (SSSR count). The molecule has 4 heteroatoms. The molecule has 0 saturated heterocycles. The Balaban J connectivity index is 2.06. The summed E-state index contributed by atoms with van der Waals surface area (Å²) in [6.45, 7) is 15.3. The largest absolute Gasteiger partial charge is 0.356 e. The minimum Gasteiger partial charge on any atom is -0.356 e. The number of hydrogen-bond donors (Lipinski definition) is 0. The van der Waals surface area contributed by atoms with Gasteiger partial charge in [-0.1, -0.05) is 31.5 Å². The molecular weight excluding hydrogens is 356 g/mol. The number of nitrogens with zero attached hydrogens (tertiary/aromatic N) is 4. The maximum atomic E-state index is 5.01. The molecule has 1 aromatic carbocycles. The molecule has 2 heterocycles. The number of hydrogen-bond acceptors (Lipinski definition) is 3. The van der Waals surface area contributed by atoms with E-state index in [4.69, 9.17) is 9.97 Å². The Kier molecular flexibility index (Phi) is 5.37. The maximum Gasteiger partial charge on any atom is 0.150 e. The lowest BCUT2D eigenvalue weighted by molar-refractivity contribution is 0.733. The first-order valence-corrected chi connectivity index (χ1v) is 11.2. The van der Waals surface area contributed by atoms with Gasteiger partial charge < -0.3 is 4.90 Å². The fraction of sp³-hybridized carbons (Fsp3) is 0.520. The Bertz CT molecular complexity index is 1030. The molecule has 1 aliphatic rings. The third-order valence-electron chi connectivity index (χ3n) is 6.10. The molecule has 0 bridgehead atoms. The molecule has 29 heavy (non-hydrogen) atoms. The first-order chi connectivity index (χ1) is 14.0. The van der Waals surface area contributed by atoms with Crippen molar-refractivity contribution < 1.29 is 0 Å². The van der Waals surface area contributed by atoms with Gasteiger partial charge in [0.2, 0.25) is 0 Å². The van der Waals surface area contributed by atoms with Crippen molar-refractivity contribution in [3.63, 3.8) is 0 Å². The van der Waals surface area contributed by atoms with Crippen LogP contribution in [0.2, 0.25) is 0 Å². The molecule has 0 spiro atoms. The number of anilines is 1. The molecule has 0 atom stereocenters. The summed E-state index contributed by atoms with van der Waals surface area (Å²) in [4.78, 5) is 12.5. The summed E-state index contributed by atoms with van der Waals surface area (Å²) >= 11 is 0. The molecule has 0 saturated carbocycles. The molecule has 0 amide bonds. The number of rotatable bonds is 6. The van der Waals surface area contributed by atoms with Gasteiger partial charge in [-0.25, -0.2) is 9.97 Å². The van der Waals surface area contributed by atoms with Crippen LogP contribution in [0.5, 0.6) is 0 Å². The second-order valence-electron chi connectivity index (χ2n) is 8.64. The van der Waals surface area contributed by atoms with Crippen LogP contribution in [-0.4, -0.2) is 27.6 Å². The average molecular weight is 391 g/mol. The second kappa shape index (κ2) is 7.81. The standard InChI is InChI=1S/C25H34N4/c1-7-12-28(13-8-2)24-22-20-10-9-11-21(20)29(25(22)27-19(6)26-24)23-17(4)14-16(3)15-18(23)5/h14-15H,7-13H2,1-6H3. The highest BCUT2D eigenvalue weighted by molar-refractivity contribution is 5.94. The second-order valence-corrected chi connectivity index (χ2v) is 8.64. The lowest BCUT2D eigenvalue weighted by atomic mass is 10.0. The molecule has 2 aromatic heterocycles. The van der Waals surface area contributed by atoms with E-state index in [9.17, 15) is 0 Å². The van der Waals surface area contributed by atoms with Gasteiger partial charge in [0.1, 0.15) is 11.6 Å². The fourth-order valence-corrected chi connectivity index (χ4v) is 5.20. The van der Waals surface area contributed by atoms with E-state index >= 15 is 0 Å². The van der Waals surface area contributed by atoms with E-state index in [1.165, 1.54) is 45.4 Å². The minimum absolute atomic E-state index is 0.865. The molecular formula is C25H34N4. The molecule has 154 valence electrons. The SMILES string of the molecule is CCCN(CCC)c1nc(C)nc2c1c1c(n2-c2c(C)cc(C)cc2C)CCC1. The zero-order valence-corrected chi connectivity index (χ0v) is 18.9. The van der Waals surface area contributed by atoms with Crippen molar-refractivity contribution in [3.05, 3.63) is 45.9 Å². The lowest BCUT2D eigenvalue weighted by Crippen LogP contribution is -2.26. The maximum absolute atomic E-state index is 5.01. The van der Waals surface area contributed by atoms with Gasteiger partial charge in [-0.05, 0) is 76.5 Å². The van der Waals surface area contributed by atoms with Crippen molar-refractivity contribution in [2.75, 3.05) is 18.0 Å². The average Bonchev–Trinajstić information content (AvgIpc) is 3.22. The van der Waals surface area contributed by atoms with Crippen LogP contribution in [0.4, 0.5) is 5.82 Å². The lowest BCUT2D eigenvalue weighted by Gasteiger charge is -2.24. The first-order valence-electron chi connectivity index (χ1n) is 11.2. The molecule has 0 aliphatic heterocycles. The van der Waals surface area contributed by atoms with Gasteiger partial charge in [0.15, 0.2) is 5.65 Å². The van der Waals surface area contributed by atoms with Gasteiger partial charge in [0.05, 0.1) is 11.1 Å². The summed E-state index contributed by atoms with van der Waals surface area (Å²) in [5, 5.41) is 1.30. The summed E-state index contributed by atoms with van der Waals surface area (Å²) in [6, 6.07) is 4.59. The molecule has 3 aromatic rings. The first kappa shape index (κ1) is 19.9. The third-order valence-corrected chi connectivity index (χ3v) is 6.10. The normalized spacial score (nSPS) is 13.3. The number of benzene rings is 1. The van der Waals surface area contributed by atoms with E-state index in [1.54, 1.807) is 0 Å². The van der Waals surface area contributed by atoms with Gasteiger partial charge in [-0.3, -0.25) is 4.57 Å². The van der Waals surface area contributed by atoms with Crippen molar-refractivity contribution in [1.82, 2.24) is 14.5 Å². The van der Waals surface area contributed by atoms with Crippen LogP contribution in [-0.2, 0) is 12.8 Å². The van der Waals surface area contributed by atoms with E-state index in [0.29, 0.717) is 0 Å². The fourth-order valence-electron chi connectivity index (χ4n) is 5.20. The smallest absolute Gasteiger partial charge is 0.150 e. The predicted octanol–water partition coefficient (Wildman–Crippen LogP) is 5.77. The van der Waals surface area contributed by atoms with Crippen LogP contribution in [0.3, 0.4) is 0 Å². The van der Waals surface area contributed by atoms with Gasteiger partial charge in [0.25, 0.3) is 0 Å². The monoisotopic (exact) mass is 390 g/mol. The summed E-state index contributed by atoms with van der Waals surface area (Å²) < 4.78 is 2.47. The van der Waals surface area contributed by atoms with Crippen LogP contribution in [0.15, 0.2) is 12.1 Å². The third kappa shape index (κ3) is 3.33. The van der Waals surface area contributed by atoms with E-state index in [0.717, 1.165) is 56.1 Å².